The molecule has 0 fully saturated rings. The molecule has 2 N–H and O–H groups in total. The molecule has 0 amide bonds. The fourth-order valence-corrected chi connectivity index (χ4v) is 1.64. The highest BCUT2D eigenvalue weighted by atomic mass is 35.5. The summed E-state index contributed by atoms with van der Waals surface area (Å²) >= 11 is 5.96. The van der Waals surface area contributed by atoms with Crippen LogP contribution in [0.2, 0.25) is 5.02 Å². The van der Waals surface area contributed by atoms with Crippen LogP contribution in [0.1, 0.15) is 24.9 Å². The van der Waals surface area contributed by atoms with Crippen LogP contribution in [-0.2, 0) is 6.42 Å². The zero-order chi connectivity index (χ0) is 12.4. The number of nitrogens with two attached hydrogens (primary N) is 1. The lowest BCUT2D eigenvalue weighted by Crippen LogP contribution is -2.06. The molecule has 0 radical (unpaired) electrons. The molecule has 5 nitrogen and oxygen atoms in total. The zero-order valence-electron chi connectivity index (χ0n) is 9.81. The van der Waals surface area contributed by atoms with Gasteiger partial charge in [-0.05, 0) is 13.3 Å². The number of rotatable bonds is 3. The lowest BCUT2D eigenvalue weighted by molar-refractivity contribution is 0.782. The predicted octanol–water partition coefficient (Wildman–Crippen LogP) is 2.16. The fourth-order valence-electron chi connectivity index (χ4n) is 1.51. The van der Waals surface area contributed by atoms with Crippen LogP contribution < -0.4 is 5.73 Å². The number of nitrogens with zero attached hydrogens (tertiary/aromatic N) is 4. The highest BCUT2D eigenvalue weighted by molar-refractivity contribution is 6.31. The molecule has 2 aromatic heterocycles. The molecule has 0 saturated heterocycles. The Hall–Kier alpha value is -1.62. The Morgan fingerprint density at radius 1 is 1.41 bits per heavy atom. The van der Waals surface area contributed by atoms with Crippen LogP contribution in [0.4, 0.5) is 5.82 Å². The van der Waals surface area contributed by atoms with Crippen LogP contribution in [-0.4, -0.2) is 19.7 Å². The van der Waals surface area contributed by atoms with Crippen molar-refractivity contribution in [3.05, 3.63) is 28.8 Å². The van der Waals surface area contributed by atoms with Gasteiger partial charge in [-0.25, -0.2) is 14.6 Å². The van der Waals surface area contributed by atoms with Crippen molar-refractivity contribution in [2.45, 2.75) is 26.7 Å². The average Bonchev–Trinajstić information content (AvgIpc) is 2.59. The SMILES string of the molecule is CCCc1nc(N)cc(-n2cc(Cl)c(C)n2)n1. The van der Waals surface area contributed by atoms with E-state index in [9.17, 15) is 0 Å². The number of aryl methyl sites for hydroxylation is 2. The highest BCUT2D eigenvalue weighted by Crippen LogP contribution is 2.16. The van der Waals surface area contributed by atoms with Gasteiger partial charge in [0.1, 0.15) is 11.6 Å². The molecule has 0 aromatic carbocycles. The van der Waals surface area contributed by atoms with Crippen molar-refractivity contribution >= 4 is 17.4 Å². The number of aromatic nitrogens is 4. The van der Waals surface area contributed by atoms with Crippen LogP contribution in [0.3, 0.4) is 0 Å². The van der Waals surface area contributed by atoms with Gasteiger partial charge in [0.25, 0.3) is 0 Å². The Labute approximate surface area is 105 Å². The smallest absolute Gasteiger partial charge is 0.159 e. The van der Waals surface area contributed by atoms with Crippen LogP contribution in [0.5, 0.6) is 0 Å². The minimum atomic E-state index is 0.447. The zero-order valence-corrected chi connectivity index (χ0v) is 10.6. The molecule has 0 aliphatic carbocycles. The van der Waals surface area contributed by atoms with Gasteiger partial charge < -0.3 is 5.73 Å². The van der Waals surface area contributed by atoms with E-state index in [1.807, 2.05) is 6.92 Å². The van der Waals surface area contributed by atoms with Crippen molar-refractivity contribution in [1.29, 1.82) is 0 Å². The minimum Gasteiger partial charge on any atom is -0.384 e. The number of hydrogen-bond acceptors (Lipinski definition) is 4. The minimum absolute atomic E-state index is 0.447. The summed E-state index contributed by atoms with van der Waals surface area (Å²) in [5.74, 6) is 1.82. The van der Waals surface area contributed by atoms with Crippen LogP contribution in [0.15, 0.2) is 12.3 Å². The molecule has 2 rings (SSSR count). The maximum Gasteiger partial charge on any atom is 0.159 e. The van der Waals surface area contributed by atoms with Gasteiger partial charge >= 0.3 is 0 Å². The van der Waals surface area contributed by atoms with Gasteiger partial charge in [0, 0.05) is 12.5 Å². The maximum absolute atomic E-state index is 5.96. The molecular weight excluding hydrogens is 238 g/mol. The summed E-state index contributed by atoms with van der Waals surface area (Å²) in [6.45, 7) is 3.91. The van der Waals surface area contributed by atoms with E-state index in [1.54, 1.807) is 16.9 Å². The fraction of sp³-hybridized carbons (Fsp3) is 0.364. The second-order valence-corrected chi connectivity index (χ2v) is 4.23. The summed E-state index contributed by atoms with van der Waals surface area (Å²) in [6, 6.07) is 1.68. The summed E-state index contributed by atoms with van der Waals surface area (Å²) in [5, 5.41) is 4.87. The molecule has 90 valence electrons. The summed E-state index contributed by atoms with van der Waals surface area (Å²) in [4.78, 5) is 8.57. The third-order valence-corrected chi connectivity index (χ3v) is 2.70. The number of nitrogen functional groups attached to an aromatic ring is 1. The monoisotopic (exact) mass is 251 g/mol. The van der Waals surface area contributed by atoms with E-state index in [0.29, 0.717) is 16.7 Å². The van der Waals surface area contributed by atoms with E-state index in [1.165, 1.54) is 0 Å². The van der Waals surface area contributed by atoms with Crippen molar-refractivity contribution in [1.82, 2.24) is 19.7 Å². The topological polar surface area (TPSA) is 69.6 Å². The molecule has 6 heteroatoms. The molecule has 0 spiro atoms. The molecule has 0 saturated carbocycles. The van der Waals surface area contributed by atoms with Crippen molar-refractivity contribution in [3.8, 4) is 5.82 Å². The summed E-state index contributed by atoms with van der Waals surface area (Å²) in [7, 11) is 0. The second-order valence-electron chi connectivity index (χ2n) is 3.82. The van der Waals surface area contributed by atoms with Crippen molar-refractivity contribution in [2.75, 3.05) is 5.73 Å². The lowest BCUT2D eigenvalue weighted by atomic mass is 10.3. The van der Waals surface area contributed by atoms with E-state index in [4.69, 9.17) is 17.3 Å². The molecule has 0 aliphatic heterocycles. The van der Waals surface area contributed by atoms with Gasteiger partial charge in [0.05, 0.1) is 16.9 Å². The molecule has 0 aliphatic rings. The van der Waals surface area contributed by atoms with E-state index in [0.717, 1.165) is 24.4 Å². The largest absolute Gasteiger partial charge is 0.384 e. The second kappa shape index (κ2) is 4.71. The van der Waals surface area contributed by atoms with Gasteiger partial charge in [0.15, 0.2) is 5.82 Å². The number of halogens is 1. The summed E-state index contributed by atoms with van der Waals surface area (Å²) in [5.41, 5.74) is 6.51. The molecule has 2 aromatic rings. The molecular formula is C11H14ClN5. The number of anilines is 1. The average molecular weight is 252 g/mol. The molecule has 0 atom stereocenters. The first-order valence-corrected chi connectivity index (χ1v) is 5.83. The van der Waals surface area contributed by atoms with Crippen molar-refractivity contribution < 1.29 is 0 Å². The van der Waals surface area contributed by atoms with Crippen LogP contribution in [0, 0.1) is 6.92 Å². The molecule has 2 heterocycles. The predicted molar refractivity (Wildman–Crippen MR) is 67.3 cm³/mol. The Bertz CT molecular complexity index is 515. The Morgan fingerprint density at radius 2 is 2.18 bits per heavy atom. The third kappa shape index (κ3) is 2.55. The third-order valence-electron chi connectivity index (χ3n) is 2.33. The first-order valence-electron chi connectivity index (χ1n) is 5.45. The Balaban J connectivity index is 2.44. The van der Waals surface area contributed by atoms with E-state index in [-0.39, 0.29) is 0 Å². The normalized spacial score (nSPS) is 10.8. The molecule has 0 unspecified atom stereocenters. The van der Waals surface area contributed by atoms with Crippen LogP contribution >= 0.6 is 11.6 Å². The molecule has 17 heavy (non-hydrogen) atoms. The quantitative estimate of drug-likeness (QED) is 0.908. The first kappa shape index (κ1) is 11.9. The van der Waals surface area contributed by atoms with Crippen LogP contribution in [0.25, 0.3) is 5.82 Å². The Morgan fingerprint density at radius 3 is 2.76 bits per heavy atom. The van der Waals surface area contributed by atoms with E-state index < -0.39 is 0 Å². The number of hydrogen-bond donors (Lipinski definition) is 1. The summed E-state index contributed by atoms with van der Waals surface area (Å²) < 4.78 is 1.62. The van der Waals surface area contributed by atoms with Gasteiger partial charge in [-0.15, -0.1) is 0 Å². The van der Waals surface area contributed by atoms with E-state index >= 15 is 0 Å². The first-order chi connectivity index (χ1) is 8.10. The lowest BCUT2D eigenvalue weighted by Gasteiger charge is -2.04. The highest BCUT2D eigenvalue weighted by Gasteiger charge is 2.07. The van der Waals surface area contributed by atoms with Crippen molar-refractivity contribution in [2.24, 2.45) is 0 Å². The van der Waals surface area contributed by atoms with Gasteiger partial charge in [0.2, 0.25) is 0 Å². The van der Waals surface area contributed by atoms with Crippen molar-refractivity contribution in [3.63, 3.8) is 0 Å². The summed E-state index contributed by atoms with van der Waals surface area (Å²) in [6.07, 6.45) is 3.49. The van der Waals surface area contributed by atoms with Gasteiger partial charge in [-0.1, -0.05) is 18.5 Å². The van der Waals surface area contributed by atoms with E-state index in [2.05, 4.69) is 22.0 Å². The standard InChI is InChI=1S/C11H14ClN5/c1-3-4-10-14-9(13)5-11(15-10)17-6-8(12)7(2)16-17/h5-6H,3-4H2,1-2H3,(H2,13,14,15). The Kier molecular flexibility index (Phi) is 3.28. The van der Waals surface area contributed by atoms with Gasteiger partial charge in [-0.3, -0.25) is 0 Å². The molecule has 0 bridgehead atoms. The maximum atomic E-state index is 5.96. The van der Waals surface area contributed by atoms with Gasteiger partial charge in [-0.2, -0.15) is 5.10 Å².